The van der Waals surface area contributed by atoms with Crippen molar-refractivity contribution in [1.82, 2.24) is 0 Å². The lowest BCUT2D eigenvalue weighted by Gasteiger charge is -2.21. The van der Waals surface area contributed by atoms with Crippen LogP contribution in [0.2, 0.25) is 0 Å². The smallest absolute Gasteiger partial charge is 0.255 e. The normalized spacial score (nSPS) is 23.0. The summed E-state index contributed by atoms with van der Waals surface area (Å²) in [5, 5.41) is 0. The fraction of sp³-hybridized carbons (Fsp3) is 0.462. The highest BCUT2D eigenvalue weighted by molar-refractivity contribution is 5.95. The summed E-state index contributed by atoms with van der Waals surface area (Å²) in [5.74, 6) is -0.991. The Bertz CT molecular complexity index is 451. The van der Waals surface area contributed by atoms with E-state index in [-0.39, 0.29) is 23.3 Å². The molecular formula is C13H17FN2O2. The number of carbonyl (C=O) groups is 1. The predicted molar refractivity (Wildman–Crippen MR) is 65.7 cm³/mol. The van der Waals surface area contributed by atoms with Gasteiger partial charge in [0.15, 0.2) is 0 Å². The van der Waals surface area contributed by atoms with Gasteiger partial charge in [-0.25, -0.2) is 4.39 Å². The quantitative estimate of drug-likeness (QED) is 0.850. The predicted octanol–water partition coefficient (Wildman–Crippen LogP) is 1.43. The highest BCUT2D eigenvalue weighted by Gasteiger charge is 2.29. The van der Waals surface area contributed by atoms with E-state index in [9.17, 15) is 9.18 Å². The topological polar surface area (TPSA) is 78.3 Å². The first-order valence-electron chi connectivity index (χ1n) is 6.08. The molecule has 1 saturated carbocycles. The van der Waals surface area contributed by atoms with E-state index in [4.69, 9.17) is 16.2 Å². The Morgan fingerprint density at radius 2 is 2.22 bits per heavy atom. The van der Waals surface area contributed by atoms with E-state index in [0.717, 1.165) is 19.3 Å². The molecule has 4 nitrogen and oxygen atoms in total. The molecule has 0 spiro atoms. The van der Waals surface area contributed by atoms with Crippen LogP contribution in [0, 0.1) is 11.7 Å². The molecule has 2 rings (SSSR count). The molecule has 0 saturated heterocycles. The standard InChI is InChI=1S/C13H17FN2O2/c14-9-4-2-6-11(12(9)13(16)17)18-10-5-1-3-8(10)7-15/h2,4,6,8,10H,1,3,5,7,15H2,(H2,16,17). The van der Waals surface area contributed by atoms with Gasteiger partial charge >= 0.3 is 0 Å². The molecule has 0 aliphatic heterocycles. The summed E-state index contributed by atoms with van der Waals surface area (Å²) in [7, 11) is 0. The van der Waals surface area contributed by atoms with Gasteiger partial charge in [-0.3, -0.25) is 4.79 Å². The number of ether oxygens (including phenoxy) is 1. The molecule has 1 aromatic carbocycles. The highest BCUT2D eigenvalue weighted by Crippen LogP contribution is 2.31. The van der Waals surface area contributed by atoms with Crippen LogP contribution in [0.25, 0.3) is 0 Å². The zero-order valence-corrected chi connectivity index (χ0v) is 10.1. The maximum absolute atomic E-state index is 13.5. The third-order valence-electron chi connectivity index (χ3n) is 3.39. The third kappa shape index (κ3) is 2.46. The van der Waals surface area contributed by atoms with Crippen molar-refractivity contribution < 1.29 is 13.9 Å². The monoisotopic (exact) mass is 252 g/mol. The van der Waals surface area contributed by atoms with Crippen molar-refractivity contribution >= 4 is 5.91 Å². The largest absolute Gasteiger partial charge is 0.489 e. The van der Waals surface area contributed by atoms with Gasteiger partial charge in [-0.05, 0) is 37.9 Å². The van der Waals surface area contributed by atoms with Crippen LogP contribution < -0.4 is 16.2 Å². The Balaban J connectivity index is 2.23. The number of nitrogens with two attached hydrogens (primary N) is 2. The van der Waals surface area contributed by atoms with Crippen LogP contribution in [0.5, 0.6) is 5.75 Å². The van der Waals surface area contributed by atoms with Crippen molar-refractivity contribution in [2.24, 2.45) is 17.4 Å². The Morgan fingerprint density at radius 1 is 1.44 bits per heavy atom. The SMILES string of the molecule is NCC1CCCC1Oc1cccc(F)c1C(N)=O. The van der Waals surface area contributed by atoms with Crippen molar-refractivity contribution in [3.8, 4) is 5.75 Å². The molecule has 18 heavy (non-hydrogen) atoms. The molecule has 1 fully saturated rings. The van der Waals surface area contributed by atoms with E-state index < -0.39 is 11.7 Å². The van der Waals surface area contributed by atoms with Gasteiger partial charge in [0.05, 0.1) is 0 Å². The summed E-state index contributed by atoms with van der Waals surface area (Å²) >= 11 is 0. The van der Waals surface area contributed by atoms with Gasteiger partial charge < -0.3 is 16.2 Å². The van der Waals surface area contributed by atoms with E-state index in [0.29, 0.717) is 6.54 Å². The number of benzene rings is 1. The molecule has 2 unspecified atom stereocenters. The van der Waals surface area contributed by atoms with Gasteiger partial charge in [-0.1, -0.05) is 6.07 Å². The summed E-state index contributed by atoms with van der Waals surface area (Å²) < 4.78 is 19.3. The molecule has 0 radical (unpaired) electrons. The fourth-order valence-electron chi connectivity index (χ4n) is 2.43. The second-order valence-electron chi connectivity index (χ2n) is 4.56. The first-order chi connectivity index (χ1) is 8.63. The number of rotatable bonds is 4. The van der Waals surface area contributed by atoms with E-state index in [2.05, 4.69) is 0 Å². The average Bonchev–Trinajstić information content (AvgIpc) is 2.76. The lowest BCUT2D eigenvalue weighted by atomic mass is 10.1. The Labute approximate surface area is 105 Å². The lowest BCUT2D eigenvalue weighted by Crippen LogP contribution is -2.28. The summed E-state index contributed by atoms with van der Waals surface area (Å²) in [6.45, 7) is 0.534. The molecule has 1 aromatic rings. The van der Waals surface area contributed by atoms with Crippen molar-refractivity contribution in [2.45, 2.75) is 25.4 Å². The summed E-state index contributed by atoms with van der Waals surface area (Å²) in [6.07, 6.45) is 2.85. The van der Waals surface area contributed by atoms with Crippen molar-refractivity contribution in [2.75, 3.05) is 6.54 Å². The van der Waals surface area contributed by atoms with Crippen LogP contribution in [-0.2, 0) is 0 Å². The minimum Gasteiger partial charge on any atom is -0.489 e. The number of carbonyl (C=O) groups excluding carboxylic acids is 1. The zero-order valence-electron chi connectivity index (χ0n) is 10.1. The van der Waals surface area contributed by atoms with Crippen molar-refractivity contribution in [3.05, 3.63) is 29.6 Å². The van der Waals surface area contributed by atoms with Crippen LogP contribution in [0.1, 0.15) is 29.6 Å². The second kappa shape index (κ2) is 5.35. The summed E-state index contributed by atoms with van der Waals surface area (Å²) in [5.41, 5.74) is 10.7. The highest BCUT2D eigenvalue weighted by atomic mass is 19.1. The fourth-order valence-corrected chi connectivity index (χ4v) is 2.43. The number of amides is 1. The van der Waals surface area contributed by atoms with E-state index in [1.54, 1.807) is 6.07 Å². The molecule has 0 aromatic heterocycles. The van der Waals surface area contributed by atoms with Crippen LogP contribution in [0.3, 0.4) is 0 Å². The number of primary amides is 1. The Hall–Kier alpha value is -1.62. The number of hydrogen-bond acceptors (Lipinski definition) is 3. The lowest BCUT2D eigenvalue weighted by molar-refractivity contribution is 0.0984. The molecule has 0 heterocycles. The van der Waals surface area contributed by atoms with Gasteiger partial charge in [-0.15, -0.1) is 0 Å². The second-order valence-corrected chi connectivity index (χ2v) is 4.56. The third-order valence-corrected chi connectivity index (χ3v) is 3.39. The van der Waals surface area contributed by atoms with Gasteiger partial charge in [0, 0.05) is 5.92 Å². The van der Waals surface area contributed by atoms with Crippen molar-refractivity contribution in [3.63, 3.8) is 0 Å². The molecule has 2 atom stereocenters. The van der Waals surface area contributed by atoms with Crippen LogP contribution in [0.15, 0.2) is 18.2 Å². The maximum atomic E-state index is 13.5. The van der Waals surface area contributed by atoms with Gasteiger partial charge in [-0.2, -0.15) is 0 Å². The maximum Gasteiger partial charge on any atom is 0.255 e. The summed E-state index contributed by atoms with van der Waals surface area (Å²) in [4.78, 5) is 11.2. The summed E-state index contributed by atoms with van der Waals surface area (Å²) in [6, 6.07) is 4.26. The van der Waals surface area contributed by atoms with Crippen LogP contribution >= 0.6 is 0 Å². The molecule has 1 amide bonds. The van der Waals surface area contributed by atoms with Crippen LogP contribution in [0.4, 0.5) is 4.39 Å². The minimum absolute atomic E-state index is 0.0603. The number of hydrogen-bond donors (Lipinski definition) is 2. The Morgan fingerprint density at radius 3 is 2.89 bits per heavy atom. The minimum atomic E-state index is -0.814. The van der Waals surface area contributed by atoms with Gasteiger partial charge in [0.25, 0.3) is 5.91 Å². The van der Waals surface area contributed by atoms with E-state index in [1.165, 1.54) is 12.1 Å². The van der Waals surface area contributed by atoms with E-state index in [1.807, 2.05) is 0 Å². The molecule has 98 valence electrons. The molecular weight excluding hydrogens is 235 g/mol. The molecule has 1 aliphatic carbocycles. The first-order valence-corrected chi connectivity index (χ1v) is 6.08. The average molecular weight is 252 g/mol. The first kappa shape index (κ1) is 12.8. The van der Waals surface area contributed by atoms with Gasteiger partial charge in [0.2, 0.25) is 0 Å². The molecule has 1 aliphatic rings. The van der Waals surface area contributed by atoms with Crippen LogP contribution in [-0.4, -0.2) is 18.6 Å². The molecule has 4 N–H and O–H groups in total. The van der Waals surface area contributed by atoms with Gasteiger partial charge in [0.1, 0.15) is 23.2 Å². The van der Waals surface area contributed by atoms with E-state index >= 15 is 0 Å². The molecule has 5 heteroatoms. The molecule has 0 bridgehead atoms. The zero-order chi connectivity index (χ0) is 13.1. The number of halogens is 1. The van der Waals surface area contributed by atoms with Crippen molar-refractivity contribution in [1.29, 1.82) is 0 Å². The Kier molecular flexibility index (Phi) is 3.81.